The summed E-state index contributed by atoms with van der Waals surface area (Å²) in [5.74, 6) is 1.60. The lowest BCUT2D eigenvalue weighted by Crippen LogP contribution is -2.11. The first-order valence-electron chi connectivity index (χ1n) is 9.76. The van der Waals surface area contributed by atoms with Crippen LogP contribution >= 0.6 is 0 Å². The van der Waals surface area contributed by atoms with Gasteiger partial charge in [0.2, 0.25) is 0 Å². The number of para-hydroxylation sites is 1. The van der Waals surface area contributed by atoms with E-state index >= 15 is 0 Å². The Morgan fingerprint density at radius 3 is 2.57 bits per heavy atom. The van der Waals surface area contributed by atoms with E-state index in [1.165, 1.54) is 0 Å². The van der Waals surface area contributed by atoms with Gasteiger partial charge in [0.1, 0.15) is 35.6 Å². The Morgan fingerprint density at radius 1 is 0.967 bits per heavy atom. The molecule has 0 unspecified atom stereocenters. The zero-order valence-electron chi connectivity index (χ0n) is 16.4. The maximum Gasteiger partial charge on any atom is 0.198 e. The molecule has 150 valence electrons. The molecular weight excluding hydrogens is 380 g/mol. The number of hydrogen-bond acceptors (Lipinski definition) is 5. The summed E-state index contributed by atoms with van der Waals surface area (Å²) in [5.41, 5.74) is 2.24. The van der Waals surface area contributed by atoms with Crippen molar-refractivity contribution in [2.45, 2.75) is 18.8 Å². The van der Waals surface area contributed by atoms with Crippen LogP contribution in [0.4, 0.5) is 0 Å². The third-order valence-electron chi connectivity index (χ3n) is 5.16. The lowest BCUT2D eigenvalue weighted by atomic mass is 10.0. The number of Topliss-reactive ketones (excluding diaryl/α,β-unsaturated/α-hetero) is 1. The minimum Gasteiger partial charge on any atom is -0.497 e. The lowest BCUT2D eigenvalue weighted by Gasteiger charge is -2.12. The van der Waals surface area contributed by atoms with Crippen molar-refractivity contribution in [1.29, 1.82) is 0 Å². The zero-order chi connectivity index (χ0) is 20.5. The van der Waals surface area contributed by atoms with Gasteiger partial charge in [0.15, 0.2) is 11.9 Å². The van der Waals surface area contributed by atoms with Crippen molar-refractivity contribution in [2.24, 2.45) is 0 Å². The van der Waals surface area contributed by atoms with Crippen molar-refractivity contribution in [1.82, 2.24) is 0 Å². The highest BCUT2D eigenvalue weighted by molar-refractivity contribution is 6.04. The third kappa shape index (κ3) is 3.55. The minimum atomic E-state index is -0.600. The second-order valence-electron chi connectivity index (χ2n) is 7.16. The Bertz CT molecular complexity index is 1160. The molecule has 3 aromatic carbocycles. The molecule has 0 bridgehead atoms. The first-order valence-corrected chi connectivity index (χ1v) is 9.76. The predicted octanol–water partition coefficient (Wildman–Crippen LogP) is 5.34. The van der Waals surface area contributed by atoms with Gasteiger partial charge in [-0.2, -0.15) is 0 Å². The standard InChI is InChI=1S/C25H20O5/c1-27-18-11-12-21(28-15-16-7-3-2-4-8-16)19(14-18)23(26)25-24(30-25)22-13-17-9-5-6-10-20(17)29-22/h2-14,24-25H,15H2,1H3/t24-,25-/m0/s1. The van der Waals surface area contributed by atoms with Crippen LogP contribution in [-0.2, 0) is 11.3 Å². The summed E-state index contributed by atoms with van der Waals surface area (Å²) in [6, 6.07) is 24.7. The average Bonchev–Trinajstić information content (AvgIpc) is 3.48. The summed E-state index contributed by atoms with van der Waals surface area (Å²) >= 11 is 0. The Labute approximate surface area is 173 Å². The van der Waals surface area contributed by atoms with E-state index < -0.39 is 12.2 Å². The second-order valence-corrected chi connectivity index (χ2v) is 7.16. The van der Waals surface area contributed by atoms with Gasteiger partial charge in [-0.3, -0.25) is 4.79 Å². The number of rotatable bonds is 7. The molecule has 4 aromatic rings. The van der Waals surface area contributed by atoms with E-state index in [9.17, 15) is 4.79 Å². The fourth-order valence-corrected chi connectivity index (χ4v) is 3.51. The van der Waals surface area contributed by atoms with E-state index in [2.05, 4.69) is 0 Å². The zero-order valence-corrected chi connectivity index (χ0v) is 16.4. The van der Waals surface area contributed by atoms with Gasteiger partial charge in [0.25, 0.3) is 0 Å². The molecule has 2 heterocycles. The van der Waals surface area contributed by atoms with Crippen LogP contribution in [0.3, 0.4) is 0 Å². The van der Waals surface area contributed by atoms with E-state index in [-0.39, 0.29) is 5.78 Å². The number of epoxide rings is 1. The number of ether oxygens (including phenoxy) is 3. The van der Waals surface area contributed by atoms with Crippen molar-refractivity contribution in [3.05, 3.63) is 95.7 Å². The van der Waals surface area contributed by atoms with Crippen LogP contribution in [0.15, 0.2) is 83.3 Å². The minimum absolute atomic E-state index is 0.151. The number of carbonyl (C=O) groups is 1. The molecular formula is C25H20O5. The van der Waals surface area contributed by atoms with Crippen molar-refractivity contribution >= 4 is 16.8 Å². The molecule has 0 aliphatic carbocycles. The molecule has 5 nitrogen and oxygen atoms in total. The molecule has 5 heteroatoms. The summed E-state index contributed by atoms with van der Waals surface area (Å²) < 4.78 is 22.8. The molecule has 5 rings (SSSR count). The number of carbonyl (C=O) groups excluding carboxylic acids is 1. The molecule has 1 saturated heterocycles. The molecule has 1 fully saturated rings. The fourth-order valence-electron chi connectivity index (χ4n) is 3.51. The van der Waals surface area contributed by atoms with Gasteiger partial charge in [0.05, 0.1) is 12.7 Å². The summed E-state index contributed by atoms with van der Waals surface area (Å²) in [5, 5.41) is 0.988. The molecule has 0 N–H and O–H groups in total. The molecule has 30 heavy (non-hydrogen) atoms. The van der Waals surface area contributed by atoms with Crippen molar-refractivity contribution < 1.29 is 23.4 Å². The summed E-state index contributed by atoms with van der Waals surface area (Å²) in [7, 11) is 1.57. The highest BCUT2D eigenvalue weighted by Crippen LogP contribution is 2.44. The first kappa shape index (κ1) is 18.5. The molecule has 1 aliphatic heterocycles. The molecule has 1 aromatic heterocycles. The van der Waals surface area contributed by atoms with Gasteiger partial charge in [-0.05, 0) is 35.9 Å². The van der Waals surface area contributed by atoms with Gasteiger partial charge in [-0.25, -0.2) is 0 Å². The molecule has 0 amide bonds. The molecule has 2 atom stereocenters. The van der Waals surface area contributed by atoms with Crippen LogP contribution in [0.5, 0.6) is 11.5 Å². The SMILES string of the molecule is COc1ccc(OCc2ccccc2)c(C(=O)[C@@H]2O[C@H]2c2cc3ccccc3o2)c1. The van der Waals surface area contributed by atoms with Gasteiger partial charge in [-0.15, -0.1) is 0 Å². The lowest BCUT2D eigenvalue weighted by molar-refractivity contribution is 0.0949. The largest absolute Gasteiger partial charge is 0.497 e. The van der Waals surface area contributed by atoms with Crippen LogP contribution in [0.1, 0.15) is 27.8 Å². The summed E-state index contributed by atoms with van der Waals surface area (Å²) in [4.78, 5) is 13.2. The Morgan fingerprint density at radius 2 is 1.77 bits per heavy atom. The van der Waals surface area contributed by atoms with Crippen LogP contribution in [0, 0.1) is 0 Å². The predicted molar refractivity (Wildman–Crippen MR) is 112 cm³/mol. The van der Waals surface area contributed by atoms with E-state index in [4.69, 9.17) is 18.6 Å². The molecule has 1 aliphatic rings. The van der Waals surface area contributed by atoms with E-state index in [1.54, 1.807) is 25.3 Å². The van der Waals surface area contributed by atoms with Crippen LogP contribution in [0.25, 0.3) is 11.0 Å². The van der Waals surface area contributed by atoms with E-state index in [0.717, 1.165) is 16.5 Å². The van der Waals surface area contributed by atoms with Crippen LogP contribution in [0.2, 0.25) is 0 Å². The van der Waals surface area contributed by atoms with Crippen LogP contribution in [-0.4, -0.2) is 19.0 Å². The van der Waals surface area contributed by atoms with Crippen molar-refractivity contribution in [3.63, 3.8) is 0 Å². The Balaban J connectivity index is 1.37. The van der Waals surface area contributed by atoms with Gasteiger partial charge >= 0.3 is 0 Å². The van der Waals surface area contributed by atoms with Crippen molar-refractivity contribution in [2.75, 3.05) is 7.11 Å². The third-order valence-corrected chi connectivity index (χ3v) is 5.16. The number of furan rings is 1. The summed E-state index contributed by atoms with van der Waals surface area (Å²) in [6.07, 6.45) is -0.991. The van der Waals surface area contributed by atoms with Crippen molar-refractivity contribution in [3.8, 4) is 11.5 Å². The topological polar surface area (TPSA) is 61.2 Å². The number of methoxy groups -OCH3 is 1. The number of fused-ring (bicyclic) bond motifs is 1. The normalized spacial score (nSPS) is 17.6. The quantitative estimate of drug-likeness (QED) is 0.309. The maximum atomic E-state index is 13.2. The first-order chi connectivity index (χ1) is 14.7. The summed E-state index contributed by atoms with van der Waals surface area (Å²) in [6.45, 7) is 0.367. The van der Waals surface area contributed by atoms with E-state index in [0.29, 0.717) is 29.4 Å². The highest BCUT2D eigenvalue weighted by Gasteiger charge is 2.49. The van der Waals surface area contributed by atoms with E-state index in [1.807, 2.05) is 60.7 Å². The maximum absolute atomic E-state index is 13.2. The molecule has 0 spiro atoms. The monoisotopic (exact) mass is 400 g/mol. The smallest absolute Gasteiger partial charge is 0.198 e. The van der Waals surface area contributed by atoms with Gasteiger partial charge in [-0.1, -0.05) is 48.5 Å². The average molecular weight is 400 g/mol. The number of hydrogen-bond donors (Lipinski definition) is 0. The Hall–Kier alpha value is -3.57. The highest BCUT2D eigenvalue weighted by atomic mass is 16.6. The molecule has 0 radical (unpaired) electrons. The number of ketones is 1. The van der Waals surface area contributed by atoms with Gasteiger partial charge < -0.3 is 18.6 Å². The second kappa shape index (κ2) is 7.69. The van der Waals surface area contributed by atoms with Crippen LogP contribution < -0.4 is 9.47 Å². The fraction of sp³-hybridized carbons (Fsp3) is 0.160. The Kier molecular flexibility index (Phi) is 4.73. The molecule has 0 saturated carbocycles. The van der Waals surface area contributed by atoms with Gasteiger partial charge in [0, 0.05) is 5.39 Å². The number of benzene rings is 3.